The Labute approximate surface area is 391 Å². The Morgan fingerprint density at radius 1 is 0.955 bits per heavy atom. The van der Waals surface area contributed by atoms with Crippen LogP contribution in [0.15, 0.2) is 36.4 Å². The van der Waals surface area contributed by atoms with E-state index in [1.807, 2.05) is 61.4 Å². The molecule has 17 nitrogen and oxygen atoms in total. The topological polar surface area (TPSA) is 209 Å². The average Bonchev–Trinajstić information content (AvgIpc) is 3.25. The number of hydrogen-bond donors (Lipinski definition) is 3. The highest BCUT2D eigenvalue weighted by Gasteiger charge is 2.53. The number of cyclic esters (lactones) is 1. The summed E-state index contributed by atoms with van der Waals surface area (Å²) >= 11 is 0. The average molecular weight is 935 g/mol. The molecule has 0 aliphatic carbocycles. The van der Waals surface area contributed by atoms with Crippen molar-refractivity contribution >= 4 is 30.3 Å². The van der Waals surface area contributed by atoms with Gasteiger partial charge in [-0.3, -0.25) is 14.4 Å². The summed E-state index contributed by atoms with van der Waals surface area (Å²) in [6.07, 6.45) is -5.78. The van der Waals surface area contributed by atoms with E-state index in [1.165, 1.54) is 7.11 Å². The number of aliphatic hydroxyl groups excluding tert-OH is 2. The van der Waals surface area contributed by atoms with E-state index >= 15 is 0 Å². The van der Waals surface area contributed by atoms with E-state index in [-0.39, 0.29) is 38.0 Å². The van der Waals surface area contributed by atoms with Crippen LogP contribution < -0.4 is 0 Å². The van der Waals surface area contributed by atoms with Crippen molar-refractivity contribution in [2.24, 2.45) is 11.8 Å². The van der Waals surface area contributed by atoms with Crippen molar-refractivity contribution < 1.29 is 72.4 Å². The van der Waals surface area contributed by atoms with Gasteiger partial charge in [-0.1, -0.05) is 63.3 Å². The summed E-state index contributed by atoms with van der Waals surface area (Å²) in [5.74, 6) is -2.76. The van der Waals surface area contributed by atoms with Crippen molar-refractivity contribution in [3.8, 4) is 0 Å². The van der Waals surface area contributed by atoms with Gasteiger partial charge in [0.05, 0.1) is 36.9 Å². The molecule has 0 spiro atoms. The van der Waals surface area contributed by atoms with E-state index in [4.69, 9.17) is 37.9 Å². The summed E-state index contributed by atoms with van der Waals surface area (Å²) in [6, 6.07) is 8.99. The van der Waals surface area contributed by atoms with Crippen molar-refractivity contribution in [2.45, 2.75) is 185 Å². The molecule has 3 saturated heterocycles. The van der Waals surface area contributed by atoms with Crippen LogP contribution in [0.2, 0.25) is 0 Å². The highest BCUT2D eigenvalue weighted by atomic mass is 16.7. The molecule has 3 heterocycles. The van der Waals surface area contributed by atoms with Gasteiger partial charge in [-0.05, 0) is 85.1 Å². The van der Waals surface area contributed by atoms with Crippen LogP contribution in [0, 0.1) is 11.8 Å². The van der Waals surface area contributed by atoms with E-state index in [0.717, 1.165) is 11.8 Å². The van der Waals surface area contributed by atoms with E-state index < -0.39 is 116 Å². The fourth-order valence-corrected chi connectivity index (χ4v) is 9.36. The zero-order chi connectivity index (χ0) is 48.7. The number of carbonyl (C=O) groups is 4. The van der Waals surface area contributed by atoms with Gasteiger partial charge >= 0.3 is 17.9 Å². The van der Waals surface area contributed by atoms with Crippen molar-refractivity contribution in [1.82, 2.24) is 9.80 Å². The molecule has 0 saturated carbocycles. The molecule has 0 aromatic heterocycles. The number of hydrogen-bond acceptors (Lipinski definition) is 17. The van der Waals surface area contributed by atoms with E-state index in [0.29, 0.717) is 32.4 Å². The summed E-state index contributed by atoms with van der Waals surface area (Å²) in [5, 5.41) is 35.2. The molecule has 0 amide bonds. The van der Waals surface area contributed by atoms with Gasteiger partial charge in [-0.15, -0.1) is 0 Å². The largest absolute Gasteiger partial charge is 0.462 e. The maximum absolute atomic E-state index is 14.0. The molecule has 66 heavy (non-hydrogen) atoms. The van der Waals surface area contributed by atoms with Crippen LogP contribution in [-0.4, -0.2) is 176 Å². The molecular formula is C49H78N2O15. The van der Waals surface area contributed by atoms with Crippen LogP contribution in [0.3, 0.4) is 0 Å². The number of esters is 3. The number of aldehydes is 1. The minimum atomic E-state index is -1.50. The summed E-state index contributed by atoms with van der Waals surface area (Å²) in [5.41, 5.74) is -0.499. The number of nitrogens with zero attached hydrogens (tertiary/aromatic N) is 2. The molecule has 1 aromatic carbocycles. The number of carbonyl (C=O) groups excluding carboxylic acids is 4. The Morgan fingerprint density at radius 2 is 1.64 bits per heavy atom. The molecule has 17 heteroatoms. The van der Waals surface area contributed by atoms with Crippen molar-refractivity contribution in [1.29, 1.82) is 0 Å². The first-order valence-corrected chi connectivity index (χ1v) is 23.6. The fourth-order valence-electron chi connectivity index (χ4n) is 9.36. The first-order valence-electron chi connectivity index (χ1n) is 23.6. The van der Waals surface area contributed by atoms with Gasteiger partial charge in [0.25, 0.3) is 0 Å². The van der Waals surface area contributed by atoms with Crippen molar-refractivity contribution in [2.75, 3.05) is 41.3 Å². The maximum atomic E-state index is 14.0. The zero-order valence-electron chi connectivity index (χ0n) is 40.7. The predicted octanol–water partition coefficient (Wildman–Crippen LogP) is 4.06. The third-order valence-electron chi connectivity index (χ3n) is 13.0. The SMILES string of the molecule is CCC(=O)O[C@@H]1CC(=O)O[C@@H](CC=Cc2ccccc2)CCCN(C)C[C@H](O)[C@H](C)C[C@H](CC=O)[C@H](O[C@@H]2OC(C)[C@@H](O[C@H]3CC(C)(O)[C@@H](OC(=O)CC)C(C)O3)C(N(C)C)C2O)[C@H]1OC. The van der Waals surface area contributed by atoms with Crippen LogP contribution in [0.4, 0.5) is 0 Å². The Balaban J connectivity index is 1.68. The summed E-state index contributed by atoms with van der Waals surface area (Å²) < 4.78 is 49.7. The highest BCUT2D eigenvalue weighted by Crippen LogP contribution is 2.38. The van der Waals surface area contributed by atoms with Crippen LogP contribution in [0.5, 0.6) is 0 Å². The van der Waals surface area contributed by atoms with Crippen LogP contribution in [0.1, 0.15) is 105 Å². The maximum Gasteiger partial charge on any atom is 0.309 e. The summed E-state index contributed by atoms with van der Waals surface area (Å²) in [7, 11) is 6.83. The van der Waals surface area contributed by atoms with Gasteiger partial charge in [-0.2, -0.15) is 0 Å². The number of likely N-dealkylation sites (N-methyl/N-ethyl adjacent to an activating group) is 2. The minimum absolute atomic E-state index is 0.00769. The number of ether oxygens (including phenoxy) is 8. The number of rotatable bonds is 15. The quantitative estimate of drug-likeness (QED) is 0.129. The predicted molar refractivity (Wildman–Crippen MR) is 244 cm³/mol. The molecule has 3 fully saturated rings. The molecule has 3 aliphatic rings. The highest BCUT2D eigenvalue weighted by molar-refractivity contribution is 5.73. The van der Waals surface area contributed by atoms with Gasteiger partial charge < -0.3 is 67.8 Å². The number of methoxy groups -OCH3 is 1. The van der Waals surface area contributed by atoms with E-state index in [2.05, 4.69) is 0 Å². The summed E-state index contributed by atoms with van der Waals surface area (Å²) in [4.78, 5) is 55.6. The van der Waals surface area contributed by atoms with Gasteiger partial charge in [0.15, 0.2) is 18.7 Å². The number of aliphatic hydroxyl groups is 3. The molecule has 1 aromatic rings. The third kappa shape index (κ3) is 15.9. The molecule has 374 valence electrons. The van der Waals surface area contributed by atoms with E-state index in [1.54, 1.807) is 53.6 Å². The van der Waals surface area contributed by atoms with Gasteiger partial charge in [-0.25, -0.2) is 0 Å². The van der Waals surface area contributed by atoms with Gasteiger partial charge in [0.2, 0.25) is 0 Å². The van der Waals surface area contributed by atoms with Crippen molar-refractivity contribution in [3.63, 3.8) is 0 Å². The molecule has 16 atom stereocenters. The second-order valence-corrected chi connectivity index (χ2v) is 18.7. The normalized spacial score (nSPS) is 37.0. The second kappa shape index (κ2) is 26.4. The molecular weight excluding hydrogens is 857 g/mol. The fraction of sp³-hybridized carbons (Fsp3) is 0.755. The molecule has 5 unspecified atom stereocenters. The standard InChI is InChI=1S/C49H78N2O15/c1-11-38(54)63-37-27-40(56)62-35(21-16-20-33-18-14-13-15-19-33)22-17-24-51(9)29-36(53)30(3)26-34(23-25-52)45(46(37)59-10)66-48-43(57)42(50(7)8)44(31(4)61-48)65-41-28-49(6,58)47(32(5)60-41)64-39(55)12-2/h13-16,18-20,25,30-32,34-37,41-48,53,57-58H,11-12,17,21-24,26-29H2,1-10H3/t30-,31?,32?,34+,35+,36+,37-,41+,42?,43?,44-,45+,46+,47+,48+,49?/m1/s1. The lowest BCUT2D eigenvalue weighted by molar-refractivity contribution is -0.344. The van der Waals surface area contributed by atoms with Crippen LogP contribution >= 0.6 is 0 Å². The molecule has 0 radical (unpaired) electrons. The van der Waals surface area contributed by atoms with Gasteiger partial charge in [0, 0.05) is 45.8 Å². The first kappa shape index (κ1) is 55.2. The molecule has 3 aliphatic heterocycles. The first-order chi connectivity index (χ1) is 31.3. The monoisotopic (exact) mass is 935 g/mol. The second-order valence-electron chi connectivity index (χ2n) is 18.7. The molecule has 0 bridgehead atoms. The lowest BCUT2D eigenvalue weighted by atomic mass is 9.82. The Kier molecular flexibility index (Phi) is 22.1. The van der Waals surface area contributed by atoms with Crippen LogP contribution in [-0.2, 0) is 57.1 Å². The lowest BCUT2D eigenvalue weighted by Gasteiger charge is -2.50. The molecule has 4 rings (SSSR count). The lowest BCUT2D eigenvalue weighted by Crippen LogP contribution is -2.66. The van der Waals surface area contributed by atoms with Crippen LogP contribution in [0.25, 0.3) is 6.08 Å². The summed E-state index contributed by atoms with van der Waals surface area (Å²) in [6.45, 7) is 11.1. The minimum Gasteiger partial charge on any atom is -0.462 e. The zero-order valence-corrected chi connectivity index (χ0v) is 40.7. The van der Waals surface area contributed by atoms with Crippen molar-refractivity contribution in [3.05, 3.63) is 42.0 Å². The smallest absolute Gasteiger partial charge is 0.309 e. The number of β-amino-alcohol motifs (C(OH)–C–C–N with tert-alkyl or cyclic N) is 1. The Morgan fingerprint density at radius 3 is 2.26 bits per heavy atom. The Hall–Kier alpha value is -3.36. The Bertz CT molecular complexity index is 1680. The van der Waals surface area contributed by atoms with Gasteiger partial charge in [0.1, 0.15) is 42.4 Å². The number of benzene rings is 1. The molecule has 3 N–H and O–H groups in total. The van der Waals surface area contributed by atoms with E-state index in [9.17, 15) is 34.5 Å². The third-order valence-corrected chi connectivity index (χ3v) is 13.0.